The molecule has 6 heteroatoms. The summed E-state index contributed by atoms with van der Waals surface area (Å²) >= 11 is 0. The first-order chi connectivity index (χ1) is 13.6. The lowest BCUT2D eigenvalue weighted by molar-refractivity contribution is -0.127. The molecule has 4 nitrogen and oxygen atoms in total. The number of hydrogen-bond donors (Lipinski definition) is 1. The fraction of sp³-hybridized carbons (Fsp3) is 0.409. The predicted octanol–water partition coefficient (Wildman–Crippen LogP) is 3.96. The Kier molecular flexibility index (Phi) is 6.98. The Labute approximate surface area is 164 Å². The lowest BCUT2D eigenvalue weighted by atomic mass is 9.96. The topological polar surface area (TPSA) is 41.6 Å². The Bertz CT molecular complexity index is 798. The molecule has 1 fully saturated rings. The highest BCUT2D eigenvalue weighted by Gasteiger charge is 2.26. The fourth-order valence-corrected chi connectivity index (χ4v) is 3.71. The van der Waals surface area contributed by atoms with Crippen LogP contribution >= 0.6 is 0 Å². The van der Waals surface area contributed by atoms with Crippen LogP contribution in [-0.4, -0.2) is 44.0 Å². The number of carbonyl (C=O) groups excluding carboxylic acids is 1. The van der Waals surface area contributed by atoms with Crippen molar-refractivity contribution < 1.29 is 18.3 Å². The van der Waals surface area contributed by atoms with Crippen LogP contribution < -0.4 is 10.1 Å². The van der Waals surface area contributed by atoms with E-state index in [1.54, 1.807) is 7.11 Å². The summed E-state index contributed by atoms with van der Waals surface area (Å²) in [4.78, 5) is 14.3. The zero-order chi connectivity index (χ0) is 19.9. The van der Waals surface area contributed by atoms with Crippen molar-refractivity contribution in [2.45, 2.75) is 25.8 Å². The molecule has 1 N–H and O–H groups in total. The Balaban J connectivity index is 1.66. The van der Waals surface area contributed by atoms with E-state index < -0.39 is 13.0 Å². The van der Waals surface area contributed by atoms with Crippen LogP contribution in [0.1, 0.15) is 18.4 Å². The number of nitrogens with one attached hydrogen (secondary N) is 1. The first kappa shape index (κ1) is 20.3. The van der Waals surface area contributed by atoms with Crippen molar-refractivity contribution in [3.05, 3.63) is 54.1 Å². The average molecular weight is 388 g/mol. The molecular formula is C22H26F2N2O2. The first-order valence-corrected chi connectivity index (χ1v) is 9.57. The molecule has 1 aliphatic heterocycles. The largest absolute Gasteiger partial charge is 0.496 e. The van der Waals surface area contributed by atoms with Crippen LogP contribution in [0.15, 0.2) is 48.5 Å². The molecule has 0 spiro atoms. The van der Waals surface area contributed by atoms with Gasteiger partial charge in [-0.1, -0.05) is 36.4 Å². The van der Waals surface area contributed by atoms with Gasteiger partial charge >= 0.3 is 0 Å². The minimum atomic E-state index is -2.51. The molecule has 2 aromatic rings. The van der Waals surface area contributed by atoms with Gasteiger partial charge in [0, 0.05) is 18.7 Å². The van der Waals surface area contributed by atoms with Crippen LogP contribution in [0.2, 0.25) is 0 Å². The third-order valence-corrected chi connectivity index (χ3v) is 5.06. The molecule has 1 heterocycles. The number of likely N-dealkylation sites (tertiary alicyclic amines) is 1. The molecule has 0 bridgehead atoms. The summed E-state index contributed by atoms with van der Waals surface area (Å²) in [5.74, 6) is 0.325. The van der Waals surface area contributed by atoms with Crippen LogP contribution in [0.4, 0.5) is 8.78 Å². The molecule has 0 radical (unpaired) electrons. The second-order valence-corrected chi connectivity index (χ2v) is 7.11. The summed E-state index contributed by atoms with van der Waals surface area (Å²) in [6, 6.07) is 16.2. The number of benzene rings is 2. The maximum Gasteiger partial charge on any atom is 0.255 e. The van der Waals surface area contributed by atoms with E-state index in [9.17, 15) is 13.6 Å². The molecular weight excluding hydrogens is 362 g/mol. The van der Waals surface area contributed by atoms with Crippen molar-refractivity contribution in [2.24, 2.45) is 5.92 Å². The fourth-order valence-electron chi connectivity index (χ4n) is 3.71. The Hall–Kier alpha value is -2.47. The van der Waals surface area contributed by atoms with Gasteiger partial charge < -0.3 is 10.1 Å². The van der Waals surface area contributed by atoms with E-state index in [1.165, 1.54) is 0 Å². The van der Waals surface area contributed by atoms with E-state index in [2.05, 4.69) is 28.4 Å². The average Bonchev–Trinajstić information content (AvgIpc) is 2.72. The van der Waals surface area contributed by atoms with Gasteiger partial charge in [-0.25, -0.2) is 8.78 Å². The summed E-state index contributed by atoms with van der Waals surface area (Å²) in [5, 5.41) is 2.35. The number of para-hydroxylation sites is 1. The molecule has 0 aromatic heterocycles. The molecule has 1 atom stereocenters. The quantitative estimate of drug-likeness (QED) is 0.781. The predicted molar refractivity (Wildman–Crippen MR) is 105 cm³/mol. The second kappa shape index (κ2) is 9.64. The molecule has 2 aromatic carbocycles. The van der Waals surface area contributed by atoms with Crippen molar-refractivity contribution in [2.75, 3.05) is 26.7 Å². The number of alkyl halides is 2. The molecule has 1 aliphatic rings. The van der Waals surface area contributed by atoms with Gasteiger partial charge in [0.25, 0.3) is 6.43 Å². The molecule has 0 saturated carbocycles. The highest BCUT2D eigenvalue weighted by atomic mass is 19.3. The highest BCUT2D eigenvalue weighted by molar-refractivity contribution is 5.79. The molecule has 0 aliphatic carbocycles. The summed E-state index contributed by atoms with van der Waals surface area (Å²) in [5.41, 5.74) is 3.27. The number of hydrogen-bond acceptors (Lipinski definition) is 3. The molecule has 28 heavy (non-hydrogen) atoms. The number of rotatable bonds is 7. The maximum absolute atomic E-state index is 12.3. The molecule has 1 saturated heterocycles. The molecule has 1 amide bonds. The first-order valence-electron chi connectivity index (χ1n) is 9.57. The lowest BCUT2D eigenvalue weighted by Crippen LogP contribution is -2.43. The second-order valence-electron chi connectivity index (χ2n) is 7.11. The number of ether oxygens (including phenoxy) is 1. The molecule has 1 unspecified atom stereocenters. The Morgan fingerprint density at radius 1 is 1.25 bits per heavy atom. The van der Waals surface area contributed by atoms with Crippen LogP contribution in [0.5, 0.6) is 5.75 Å². The van der Waals surface area contributed by atoms with E-state index in [4.69, 9.17) is 4.74 Å². The zero-order valence-corrected chi connectivity index (χ0v) is 16.0. The summed E-state index contributed by atoms with van der Waals surface area (Å²) in [7, 11) is 1.66. The molecule has 150 valence electrons. The Morgan fingerprint density at radius 2 is 2.07 bits per heavy atom. The van der Waals surface area contributed by atoms with E-state index >= 15 is 0 Å². The van der Waals surface area contributed by atoms with E-state index in [1.807, 2.05) is 30.3 Å². The van der Waals surface area contributed by atoms with Crippen LogP contribution in [0.3, 0.4) is 0 Å². The van der Waals surface area contributed by atoms with Gasteiger partial charge in [-0.05, 0) is 42.6 Å². The van der Waals surface area contributed by atoms with Crippen LogP contribution in [-0.2, 0) is 11.3 Å². The minimum Gasteiger partial charge on any atom is -0.496 e. The minimum absolute atomic E-state index is 0.232. The molecule has 3 rings (SSSR count). The number of halogens is 2. The monoisotopic (exact) mass is 388 g/mol. The number of methoxy groups -OCH3 is 1. The van der Waals surface area contributed by atoms with Crippen LogP contribution in [0, 0.1) is 5.92 Å². The smallest absolute Gasteiger partial charge is 0.255 e. The number of carbonyl (C=O) groups is 1. The van der Waals surface area contributed by atoms with Crippen molar-refractivity contribution in [3.8, 4) is 16.9 Å². The number of piperidine rings is 1. The van der Waals surface area contributed by atoms with Gasteiger partial charge in [-0.15, -0.1) is 0 Å². The summed E-state index contributed by atoms with van der Waals surface area (Å²) in [6.45, 7) is 1.64. The highest BCUT2D eigenvalue weighted by Crippen LogP contribution is 2.30. The van der Waals surface area contributed by atoms with Gasteiger partial charge in [0.1, 0.15) is 5.75 Å². The SMILES string of the molecule is COc1ccccc1-c1cccc(CN2CCCC(C(=O)NCC(F)F)C2)c1. The van der Waals surface area contributed by atoms with Gasteiger partial charge in [-0.3, -0.25) is 9.69 Å². The third kappa shape index (κ3) is 5.29. The van der Waals surface area contributed by atoms with E-state index in [0.29, 0.717) is 6.54 Å². The van der Waals surface area contributed by atoms with Gasteiger partial charge in [-0.2, -0.15) is 0 Å². The lowest BCUT2D eigenvalue weighted by Gasteiger charge is -2.32. The van der Waals surface area contributed by atoms with E-state index in [-0.39, 0.29) is 11.8 Å². The Morgan fingerprint density at radius 3 is 2.86 bits per heavy atom. The zero-order valence-electron chi connectivity index (χ0n) is 16.0. The third-order valence-electron chi connectivity index (χ3n) is 5.06. The number of nitrogens with zero attached hydrogens (tertiary/aromatic N) is 1. The summed E-state index contributed by atoms with van der Waals surface area (Å²) < 4.78 is 30.1. The van der Waals surface area contributed by atoms with Gasteiger partial charge in [0.05, 0.1) is 19.6 Å². The number of amides is 1. The normalized spacial score (nSPS) is 17.5. The maximum atomic E-state index is 12.3. The van der Waals surface area contributed by atoms with Crippen molar-refractivity contribution in [1.82, 2.24) is 10.2 Å². The van der Waals surface area contributed by atoms with E-state index in [0.717, 1.165) is 48.4 Å². The van der Waals surface area contributed by atoms with Gasteiger partial charge in [0.15, 0.2) is 0 Å². The van der Waals surface area contributed by atoms with Crippen LogP contribution in [0.25, 0.3) is 11.1 Å². The standard InChI is InChI=1S/C22H26F2N2O2/c1-28-20-10-3-2-9-19(20)17-7-4-6-16(12-17)14-26-11-5-8-18(15-26)22(27)25-13-21(23)24/h2-4,6-7,9-10,12,18,21H,5,8,11,13-15H2,1H3,(H,25,27). The van der Waals surface area contributed by atoms with Crippen molar-refractivity contribution >= 4 is 5.91 Å². The van der Waals surface area contributed by atoms with Crippen molar-refractivity contribution in [1.29, 1.82) is 0 Å². The van der Waals surface area contributed by atoms with Crippen molar-refractivity contribution in [3.63, 3.8) is 0 Å². The van der Waals surface area contributed by atoms with Gasteiger partial charge in [0.2, 0.25) is 5.91 Å². The summed E-state index contributed by atoms with van der Waals surface area (Å²) in [6.07, 6.45) is -0.882.